The highest BCUT2D eigenvalue weighted by molar-refractivity contribution is 5.81. The first kappa shape index (κ1) is 9.25. The van der Waals surface area contributed by atoms with E-state index in [1.165, 1.54) is 11.1 Å². The maximum atomic E-state index is 11.3. The van der Waals surface area contributed by atoms with Crippen LogP contribution in [-0.2, 0) is 4.79 Å². The second-order valence-electron chi connectivity index (χ2n) is 4.05. The zero-order chi connectivity index (χ0) is 10.1. The van der Waals surface area contributed by atoms with Gasteiger partial charge in [-0.05, 0) is 12.5 Å². The van der Waals surface area contributed by atoms with E-state index < -0.39 is 0 Å². The summed E-state index contributed by atoms with van der Waals surface area (Å²) in [7, 11) is 0. The Morgan fingerprint density at radius 3 is 2.43 bits per heavy atom. The number of aryl methyl sites for hydroxylation is 1. The molecule has 0 aromatic heterocycles. The van der Waals surface area contributed by atoms with Crippen LogP contribution in [0.25, 0.3) is 0 Å². The molecule has 1 N–H and O–H groups in total. The summed E-state index contributed by atoms with van der Waals surface area (Å²) in [6.45, 7) is 4.85. The van der Waals surface area contributed by atoms with Gasteiger partial charge in [0.25, 0.3) is 0 Å². The molecule has 1 heterocycles. The average molecular weight is 189 g/mol. The Kier molecular flexibility index (Phi) is 2.28. The van der Waals surface area contributed by atoms with Crippen LogP contribution in [0.4, 0.5) is 0 Å². The van der Waals surface area contributed by atoms with Crippen molar-refractivity contribution >= 4 is 5.91 Å². The molecule has 0 bridgehead atoms. The van der Waals surface area contributed by atoms with E-state index >= 15 is 0 Å². The Morgan fingerprint density at radius 2 is 1.93 bits per heavy atom. The molecule has 0 saturated carbocycles. The quantitative estimate of drug-likeness (QED) is 0.717. The van der Waals surface area contributed by atoms with Crippen molar-refractivity contribution in [2.75, 3.05) is 6.54 Å². The fourth-order valence-electron chi connectivity index (χ4n) is 1.95. The van der Waals surface area contributed by atoms with Gasteiger partial charge in [-0.15, -0.1) is 0 Å². The Morgan fingerprint density at radius 1 is 1.29 bits per heavy atom. The number of benzene rings is 1. The molecule has 14 heavy (non-hydrogen) atoms. The van der Waals surface area contributed by atoms with Gasteiger partial charge in [0.05, 0.1) is 0 Å². The van der Waals surface area contributed by atoms with E-state index in [9.17, 15) is 4.79 Å². The molecule has 2 nitrogen and oxygen atoms in total. The summed E-state index contributed by atoms with van der Waals surface area (Å²) in [5.41, 5.74) is 2.53. The molecule has 2 rings (SSSR count). The Hall–Kier alpha value is -1.31. The summed E-state index contributed by atoms with van der Waals surface area (Å²) in [5, 5.41) is 2.89. The van der Waals surface area contributed by atoms with Crippen LogP contribution in [0.1, 0.15) is 24.0 Å². The minimum atomic E-state index is 0.109. The van der Waals surface area contributed by atoms with Crippen molar-refractivity contribution in [3.05, 3.63) is 35.4 Å². The van der Waals surface area contributed by atoms with Crippen molar-refractivity contribution in [2.45, 2.75) is 19.8 Å². The summed E-state index contributed by atoms with van der Waals surface area (Å²) in [6.07, 6.45) is 0. The Bertz CT molecular complexity index is 342. The van der Waals surface area contributed by atoms with Crippen molar-refractivity contribution < 1.29 is 4.79 Å². The fraction of sp³-hybridized carbons (Fsp3) is 0.417. The standard InChI is InChI=1S/C12H15NO/c1-8-3-5-10(6-4-8)11-7-13-12(14)9(11)2/h3-6,9,11H,7H2,1-2H3,(H,13,14)/t9-,11?/m1/s1. The van der Waals surface area contributed by atoms with Gasteiger partial charge >= 0.3 is 0 Å². The molecule has 1 unspecified atom stereocenters. The molecule has 1 fully saturated rings. The largest absolute Gasteiger partial charge is 0.355 e. The second kappa shape index (κ2) is 3.45. The third-order valence-corrected chi connectivity index (χ3v) is 3.02. The SMILES string of the molecule is Cc1ccc(C2CNC(=O)[C@@H]2C)cc1. The number of rotatable bonds is 1. The normalized spacial score (nSPS) is 26.3. The van der Waals surface area contributed by atoms with E-state index in [2.05, 4.69) is 36.5 Å². The lowest BCUT2D eigenvalue weighted by Crippen LogP contribution is -2.16. The summed E-state index contributed by atoms with van der Waals surface area (Å²) in [4.78, 5) is 11.3. The van der Waals surface area contributed by atoms with Crippen molar-refractivity contribution in [1.29, 1.82) is 0 Å². The lowest BCUT2D eigenvalue weighted by molar-refractivity contribution is -0.122. The third kappa shape index (κ3) is 1.52. The molecule has 1 aromatic rings. The lowest BCUT2D eigenvalue weighted by Gasteiger charge is -2.12. The van der Waals surface area contributed by atoms with Gasteiger partial charge in [-0.3, -0.25) is 4.79 Å². The average Bonchev–Trinajstić information content (AvgIpc) is 2.50. The van der Waals surface area contributed by atoms with Crippen LogP contribution in [0.2, 0.25) is 0 Å². The van der Waals surface area contributed by atoms with Crippen LogP contribution >= 0.6 is 0 Å². The predicted octanol–water partition coefficient (Wildman–Crippen LogP) is 1.84. The summed E-state index contributed by atoms with van der Waals surface area (Å²) < 4.78 is 0. The highest BCUT2D eigenvalue weighted by Gasteiger charge is 2.31. The predicted molar refractivity (Wildman–Crippen MR) is 56.1 cm³/mol. The fourth-order valence-corrected chi connectivity index (χ4v) is 1.95. The molecule has 1 saturated heterocycles. The van der Waals surface area contributed by atoms with Gasteiger partial charge in [-0.25, -0.2) is 0 Å². The van der Waals surface area contributed by atoms with Gasteiger partial charge < -0.3 is 5.32 Å². The minimum absolute atomic E-state index is 0.109. The third-order valence-electron chi connectivity index (χ3n) is 3.02. The second-order valence-corrected chi connectivity index (χ2v) is 4.05. The molecule has 1 aliphatic rings. The van der Waals surface area contributed by atoms with Gasteiger partial charge in [0.2, 0.25) is 5.91 Å². The van der Waals surface area contributed by atoms with Crippen LogP contribution in [-0.4, -0.2) is 12.5 Å². The summed E-state index contributed by atoms with van der Waals surface area (Å²) in [6, 6.07) is 8.45. The molecular formula is C12H15NO. The van der Waals surface area contributed by atoms with Gasteiger partial charge in [0, 0.05) is 18.4 Å². The van der Waals surface area contributed by atoms with E-state index in [-0.39, 0.29) is 11.8 Å². The van der Waals surface area contributed by atoms with E-state index in [4.69, 9.17) is 0 Å². The molecule has 0 radical (unpaired) electrons. The van der Waals surface area contributed by atoms with Gasteiger partial charge in [-0.1, -0.05) is 36.8 Å². The van der Waals surface area contributed by atoms with Crippen molar-refractivity contribution in [1.82, 2.24) is 5.32 Å². The topological polar surface area (TPSA) is 29.1 Å². The van der Waals surface area contributed by atoms with Crippen molar-refractivity contribution in [2.24, 2.45) is 5.92 Å². The molecule has 1 amide bonds. The highest BCUT2D eigenvalue weighted by atomic mass is 16.2. The van der Waals surface area contributed by atoms with E-state index in [0.29, 0.717) is 5.92 Å². The number of nitrogens with one attached hydrogen (secondary N) is 1. The highest BCUT2D eigenvalue weighted by Crippen LogP contribution is 2.28. The first-order chi connectivity index (χ1) is 6.68. The van der Waals surface area contributed by atoms with Gasteiger partial charge in [0.1, 0.15) is 0 Å². The van der Waals surface area contributed by atoms with E-state index in [1.807, 2.05) is 6.92 Å². The number of carbonyl (C=O) groups excluding carboxylic acids is 1. The lowest BCUT2D eigenvalue weighted by atomic mass is 9.90. The maximum absolute atomic E-state index is 11.3. The molecular weight excluding hydrogens is 174 g/mol. The maximum Gasteiger partial charge on any atom is 0.223 e. The number of carbonyl (C=O) groups is 1. The zero-order valence-electron chi connectivity index (χ0n) is 8.58. The molecule has 2 heteroatoms. The smallest absolute Gasteiger partial charge is 0.223 e. The summed E-state index contributed by atoms with van der Waals surface area (Å²) >= 11 is 0. The minimum Gasteiger partial charge on any atom is -0.355 e. The van der Waals surface area contributed by atoms with Gasteiger partial charge in [-0.2, -0.15) is 0 Å². The van der Waals surface area contributed by atoms with Crippen LogP contribution in [0.3, 0.4) is 0 Å². The van der Waals surface area contributed by atoms with Gasteiger partial charge in [0.15, 0.2) is 0 Å². The molecule has 74 valence electrons. The van der Waals surface area contributed by atoms with Crippen molar-refractivity contribution in [3.8, 4) is 0 Å². The molecule has 2 atom stereocenters. The van der Waals surface area contributed by atoms with Crippen LogP contribution in [0, 0.1) is 12.8 Å². The summed E-state index contributed by atoms with van der Waals surface area (Å²) in [5.74, 6) is 0.636. The Labute approximate surface area is 84.3 Å². The van der Waals surface area contributed by atoms with Crippen LogP contribution in [0.15, 0.2) is 24.3 Å². The molecule has 0 spiro atoms. The molecule has 1 aliphatic heterocycles. The molecule has 1 aromatic carbocycles. The number of hydrogen-bond donors (Lipinski definition) is 1. The zero-order valence-corrected chi connectivity index (χ0v) is 8.58. The number of amides is 1. The first-order valence-electron chi connectivity index (χ1n) is 5.03. The van der Waals surface area contributed by atoms with Crippen molar-refractivity contribution in [3.63, 3.8) is 0 Å². The number of hydrogen-bond acceptors (Lipinski definition) is 1. The molecule has 0 aliphatic carbocycles. The van der Waals surface area contributed by atoms with Crippen LogP contribution in [0.5, 0.6) is 0 Å². The van der Waals surface area contributed by atoms with E-state index in [0.717, 1.165) is 6.54 Å². The Balaban J connectivity index is 2.23. The van der Waals surface area contributed by atoms with E-state index in [1.54, 1.807) is 0 Å². The monoisotopic (exact) mass is 189 g/mol. The first-order valence-corrected chi connectivity index (χ1v) is 5.03. The van der Waals surface area contributed by atoms with Crippen LogP contribution < -0.4 is 5.32 Å².